The van der Waals surface area contributed by atoms with E-state index in [2.05, 4.69) is 5.48 Å². The fourth-order valence-corrected chi connectivity index (χ4v) is 1.59. The van der Waals surface area contributed by atoms with Gasteiger partial charge in [-0.3, -0.25) is 4.90 Å². The van der Waals surface area contributed by atoms with Crippen molar-refractivity contribution in [3.05, 3.63) is 12.0 Å². The number of hydroxylamine groups is 1. The second-order valence-electron chi connectivity index (χ2n) is 4.81. The molecule has 2 aliphatic rings. The molecule has 1 amide bonds. The summed E-state index contributed by atoms with van der Waals surface area (Å²) in [6.45, 7) is 6.95. The molecule has 84 valence electrons. The van der Waals surface area contributed by atoms with Crippen LogP contribution in [0.2, 0.25) is 0 Å². The Morgan fingerprint density at radius 2 is 2.40 bits per heavy atom. The zero-order valence-corrected chi connectivity index (χ0v) is 9.24. The lowest BCUT2D eigenvalue weighted by Gasteiger charge is -2.23. The second-order valence-corrected chi connectivity index (χ2v) is 4.81. The monoisotopic (exact) mass is 212 g/mol. The molecule has 15 heavy (non-hydrogen) atoms. The van der Waals surface area contributed by atoms with Gasteiger partial charge < -0.3 is 9.57 Å². The minimum atomic E-state index is -0.452. The van der Waals surface area contributed by atoms with E-state index in [1.165, 1.54) is 0 Å². The van der Waals surface area contributed by atoms with E-state index in [0.29, 0.717) is 6.54 Å². The predicted molar refractivity (Wildman–Crippen MR) is 53.6 cm³/mol. The summed E-state index contributed by atoms with van der Waals surface area (Å²) in [5, 5.41) is 0. The normalized spacial score (nSPS) is 24.6. The summed E-state index contributed by atoms with van der Waals surface area (Å²) < 4.78 is 5.25. The van der Waals surface area contributed by atoms with Crippen LogP contribution in [-0.4, -0.2) is 29.7 Å². The fraction of sp³-hybridized carbons (Fsp3) is 0.700. The average molecular weight is 212 g/mol. The summed E-state index contributed by atoms with van der Waals surface area (Å²) in [5.74, 6) is 1.10. The Kier molecular flexibility index (Phi) is 2.34. The summed E-state index contributed by atoms with van der Waals surface area (Å²) in [5.41, 5.74) is 2.33. The third-order valence-electron chi connectivity index (χ3n) is 2.25. The van der Waals surface area contributed by atoms with Crippen LogP contribution in [-0.2, 0) is 9.57 Å². The number of nitrogens with one attached hydrogen (secondary N) is 1. The molecule has 5 nitrogen and oxygen atoms in total. The molecule has 0 aromatic rings. The number of ether oxygens (including phenoxy) is 1. The first-order chi connectivity index (χ1) is 6.96. The topological polar surface area (TPSA) is 50.8 Å². The van der Waals surface area contributed by atoms with Crippen molar-refractivity contribution in [3.63, 3.8) is 0 Å². The Labute approximate surface area is 89.0 Å². The molecule has 0 aromatic carbocycles. The van der Waals surface area contributed by atoms with Gasteiger partial charge in [0.1, 0.15) is 11.4 Å². The maximum Gasteiger partial charge on any atom is 0.414 e. The standard InChI is InChI=1S/C10H16N2O3/c1-10(2,3)14-9(13)12-5-7-4-11-15-8(7)6-12/h6-7,11H,4-5H2,1-3H3. The molecule has 0 saturated carbocycles. The van der Waals surface area contributed by atoms with Crippen molar-refractivity contribution in [3.8, 4) is 0 Å². The average Bonchev–Trinajstić information content (AvgIpc) is 2.56. The van der Waals surface area contributed by atoms with Crippen LogP contribution in [0.1, 0.15) is 20.8 Å². The molecule has 1 unspecified atom stereocenters. The van der Waals surface area contributed by atoms with Crippen LogP contribution < -0.4 is 5.48 Å². The summed E-state index contributed by atoms with van der Waals surface area (Å²) >= 11 is 0. The quantitative estimate of drug-likeness (QED) is 0.656. The molecule has 5 heteroatoms. The van der Waals surface area contributed by atoms with Gasteiger partial charge in [0.05, 0.1) is 12.1 Å². The molecule has 0 radical (unpaired) electrons. The number of carbonyl (C=O) groups is 1. The van der Waals surface area contributed by atoms with E-state index >= 15 is 0 Å². The first kappa shape index (κ1) is 10.3. The minimum Gasteiger partial charge on any atom is -0.443 e. The van der Waals surface area contributed by atoms with Gasteiger partial charge in [-0.1, -0.05) is 0 Å². The van der Waals surface area contributed by atoms with Crippen molar-refractivity contribution < 1.29 is 14.4 Å². The Morgan fingerprint density at radius 3 is 3.00 bits per heavy atom. The van der Waals surface area contributed by atoms with Gasteiger partial charge in [-0.15, -0.1) is 0 Å². The number of nitrogens with zero attached hydrogens (tertiary/aromatic N) is 1. The lowest BCUT2D eigenvalue weighted by molar-refractivity contribution is 0.0334. The molecule has 0 spiro atoms. The first-order valence-electron chi connectivity index (χ1n) is 5.07. The minimum absolute atomic E-state index is 0.275. The van der Waals surface area contributed by atoms with Gasteiger partial charge in [-0.2, -0.15) is 5.48 Å². The fourth-order valence-electron chi connectivity index (χ4n) is 1.59. The molecule has 1 saturated heterocycles. The Bertz CT molecular complexity index is 306. The largest absolute Gasteiger partial charge is 0.443 e. The lowest BCUT2D eigenvalue weighted by atomic mass is 10.1. The summed E-state index contributed by atoms with van der Waals surface area (Å²) in [7, 11) is 0. The van der Waals surface area contributed by atoms with E-state index in [1.54, 1.807) is 11.1 Å². The number of carbonyl (C=O) groups excluding carboxylic acids is 1. The highest BCUT2D eigenvalue weighted by molar-refractivity contribution is 5.70. The molecule has 0 bridgehead atoms. The molecule has 2 rings (SSSR count). The first-order valence-corrected chi connectivity index (χ1v) is 5.07. The van der Waals surface area contributed by atoms with Gasteiger partial charge in [0.15, 0.2) is 0 Å². The maximum atomic E-state index is 11.7. The van der Waals surface area contributed by atoms with Crippen molar-refractivity contribution in [1.29, 1.82) is 0 Å². The van der Waals surface area contributed by atoms with Gasteiger partial charge in [0.25, 0.3) is 0 Å². The number of hydrogen-bond acceptors (Lipinski definition) is 4. The van der Waals surface area contributed by atoms with Gasteiger partial charge in [0.2, 0.25) is 0 Å². The molecule has 0 aliphatic carbocycles. The molecular weight excluding hydrogens is 196 g/mol. The molecular formula is C10H16N2O3. The van der Waals surface area contributed by atoms with Gasteiger partial charge in [-0.25, -0.2) is 4.79 Å². The van der Waals surface area contributed by atoms with Crippen LogP contribution in [0.25, 0.3) is 0 Å². The van der Waals surface area contributed by atoms with Crippen LogP contribution in [0.15, 0.2) is 12.0 Å². The van der Waals surface area contributed by atoms with E-state index < -0.39 is 5.60 Å². The molecule has 2 heterocycles. The molecule has 2 aliphatic heterocycles. The second kappa shape index (κ2) is 3.41. The Morgan fingerprint density at radius 1 is 1.67 bits per heavy atom. The van der Waals surface area contributed by atoms with Crippen molar-refractivity contribution in [1.82, 2.24) is 10.4 Å². The van der Waals surface area contributed by atoms with Crippen LogP contribution in [0.4, 0.5) is 4.79 Å². The van der Waals surface area contributed by atoms with Crippen LogP contribution in [0.5, 0.6) is 0 Å². The third-order valence-corrected chi connectivity index (χ3v) is 2.25. The van der Waals surface area contributed by atoms with Crippen LogP contribution in [0, 0.1) is 5.92 Å². The van der Waals surface area contributed by atoms with Gasteiger partial charge in [-0.05, 0) is 20.8 Å². The molecule has 1 N–H and O–H groups in total. The maximum absolute atomic E-state index is 11.7. The van der Waals surface area contributed by atoms with E-state index in [1.807, 2.05) is 20.8 Å². The summed E-state index contributed by atoms with van der Waals surface area (Å²) in [6, 6.07) is 0. The molecule has 0 aromatic heterocycles. The Balaban J connectivity index is 1.97. The SMILES string of the molecule is CC(C)(C)OC(=O)N1C=C2ONCC2C1. The predicted octanol–water partition coefficient (Wildman–Crippen LogP) is 1.23. The van der Waals surface area contributed by atoms with Gasteiger partial charge in [0, 0.05) is 13.1 Å². The van der Waals surface area contributed by atoms with E-state index in [4.69, 9.17) is 9.57 Å². The summed E-state index contributed by atoms with van der Waals surface area (Å²) in [6.07, 6.45) is 1.40. The summed E-state index contributed by atoms with van der Waals surface area (Å²) in [4.78, 5) is 18.4. The van der Waals surface area contributed by atoms with Crippen molar-refractivity contribution in [2.24, 2.45) is 5.92 Å². The zero-order valence-electron chi connectivity index (χ0n) is 9.24. The van der Waals surface area contributed by atoms with Crippen molar-refractivity contribution in [2.45, 2.75) is 26.4 Å². The van der Waals surface area contributed by atoms with Gasteiger partial charge >= 0.3 is 6.09 Å². The van der Waals surface area contributed by atoms with E-state index in [9.17, 15) is 4.79 Å². The van der Waals surface area contributed by atoms with Crippen LogP contribution >= 0.6 is 0 Å². The zero-order chi connectivity index (χ0) is 11.1. The Hall–Kier alpha value is -1.23. The molecule has 1 fully saturated rings. The number of fused-ring (bicyclic) bond motifs is 1. The molecule has 1 atom stereocenters. The highest BCUT2D eigenvalue weighted by Gasteiger charge is 2.35. The smallest absolute Gasteiger partial charge is 0.414 e. The third kappa shape index (κ3) is 2.23. The number of hydrogen-bond donors (Lipinski definition) is 1. The van der Waals surface area contributed by atoms with Crippen molar-refractivity contribution >= 4 is 6.09 Å². The van der Waals surface area contributed by atoms with E-state index in [-0.39, 0.29) is 12.0 Å². The van der Waals surface area contributed by atoms with Crippen LogP contribution in [0.3, 0.4) is 0 Å². The van der Waals surface area contributed by atoms with E-state index in [0.717, 1.165) is 12.3 Å². The van der Waals surface area contributed by atoms with Crippen molar-refractivity contribution in [2.75, 3.05) is 13.1 Å². The highest BCUT2D eigenvalue weighted by atomic mass is 16.7. The number of amides is 1. The number of rotatable bonds is 0. The highest BCUT2D eigenvalue weighted by Crippen LogP contribution is 2.26. The lowest BCUT2D eigenvalue weighted by Crippen LogP contribution is -2.34.